The molecule has 1 saturated heterocycles. The van der Waals surface area contributed by atoms with Crippen LogP contribution in [0.15, 0.2) is 29.2 Å². The van der Waals surface area contributed by atoms with Crippen LogP contribution in [0.25, 0.3) is 0 Å². The van der Waals surface area contributed by atoms with Gasteiger partial charge in [0, 0.05) is 19.1 Å². The highest BCUT2D eigenvalue weighted by Gasteiger charge is 2.46. The molecule has 1 unspecified atom stereocenters. The molecule has 0 spiro atoms. The smallest absolute Gasteiger partial charge is 0.316 e. The van der Waals surface area contributed by atoms with Crippen LogP contribution in [-0.2, 0) is 24.8 Å². The Morgan fingerprint density at radius 1 is 1.10 bits per heavy atom. The Morgan fingerprint density at radius 2 is 1.69 bits per heavy atom. The Morgan fingerprint density at radius 3 is 2.24 bits per heavy atom. The van der Waals surface area contributed by atoms with E-state index in [2.05, 4.69) is 14.1 Å². The van der Waals surface area contributed by atoms with Crippen molar-refractivity contribution in [2.75, 3.05) is 33.4 Å². The Balaban J connectivity index is 0.00000300. The highest BCUT2D eigenvalue weighted by atomic mass is 127. The first-order chi connectivity index (χ1) is 13.0. The number of carbonyl (C=O) groups is 1. The van der Waals surface area contributed by atoms with Gasteiger partial charge in [-0.3, -0.25) is 4.79 Å². The van der Waals surface area contributed by atoms with E-state index in [4.69, 9.17) is 4.74 Å². The van der Waals surface area contributed by atoms with Gasteiger partial charge in [0.15, 0.2) is 9.84 Å². The summed E-state index contributed by atoms with van der Waals surface area (Å²) >= 11 is 0. The third-order valence-corrected chi connectivity index (χ3v) is 7.95. The molecule has 1 saturated carbocycles. The maximum atomic E-state index is 13.5. The average molecular weight is 535 g/mol. The summed E-state index contributed by atoms with van der Waals surface area (Å²) < 4.78 is 31.1. The van der Waals surface area contributed by atoms with E-state index in [9.17, 15) is 13.2 Å². The first-order valence-corrected chi connectivity index (χ1v) is 12.3. The van der Waals surface area contributed by atoms with Crippen LogP contribution in [0.3, 0.4) is 0 Å². The normalized spacial score (nSPS) is 22.5. The predicted molar refractivity (Wildman–Crippen MR) is 110 cm³/mol. The van der Waals surface area contributed by atoms with Gasteiger partial charge in [-0.2, -0.15) is 0 Å². The van der Waals surface area contributed by atoms with Crippen LogP contribution in [0.4, 0.5) is 0 Å². The van der Waals surface area contributed by atoms with Crippen molar-refractivity contribution in [1.29, 1.82) is 0 Å². The summed E-state index contributed by atoms with van der Waals surface area (Å²) in [5.41, 5.74) is -0.0433. The molecule has 0 amide bonds. The van der Waals surface area contributed by atoms with Gasteiger partial charge in [0.25, 0.3) is 0 Å². The van der Waals surface area contributed by atoms with E-state index < -0.39 is 15.3 Å². The number of carbonyl (C=O) groups excluding carboxylic acids is 1. The van der Waals surface area contributed by atoms with Gasteiger partial charge in [-0.25, -0.2) is 8.42 Å². The van der Waals surface area contributed by atoms with Crippen LogP contribution in [0, 0.1) is 5.92 Å². The fraction of sp³-hybridized carbons (Fsp3) is 0.682. The van der Waals surface area contributed by atoms with Crippen molar-refractivity contribution >= 4 is 15.8 Å². The molecule has 29 heavy (non-hydrogen) atoms. The average Bonchev–Trinajstić information content (AvgIpc) is 3.17. The molecular weight excluding hydrogens is 501 g/mol. The van der Waals surface area contributed by atoms with Crippen LogP contribution < -0.4 is 24.0 Å². The van der Waals surface area contributed by atoms with Gasteiger partial charge in [0.2, 0.25) is 0 Å². The molecule has 2 fully saturated rings. The zero-order chi connectivity index (χ0) is 20.6. The number of sulfone groups is 1. The van der Waals surface area contributed by atoms with Crippen molar-refractivity contribution in [2.24, 2.45) is 5.92 Å². The molecule has 1 atom stereocenters. The lowest BCUT2D eigenvalue weighted by atomic mass is 9.71. The summed E-state index contributed by atoms with van der Waals surface area (Å²) in [6, 6.07) is 6.90. The first-order valence-electron chi connectivity index (χ1n) is 10.4. The Bertz CT molecular complexity index is 823. The molecule has 0 N–H and O–H groups in total. The molecule has 1 aliphatic carbocycles. The molecule has 1 aliphatic heterocycles. The van der Waals surface area contributed by atoms with Crippen LogP contribution in [0.2, 0.25) is 0 Å². The second kappa shape index (κ2) is 9.22. The number of halogens is 1. The summed E-state index contributed by atoms with van der Waals surface area (Å²) in [7, 11) is 1.08. The second-order valence-corrected chi connectivity index (χ2v) is 11.5. The second-order valence-electron chi connectivity index (χ2n) is 9.47. The van der Waals surface area contributed by atoms with Crippen molar-refractivity contribution in [1.82, 2.24) is 0 Å². The van der Waals surface area contributed by atoms with Crippen molar-refractivity contribution in [3.8, 4) is 0 Å². The minimum atomic E-state index is -3.33. The highest BCUT2D eigenvalue weighted by molar-refractivity contribution is 7.90. The van der Waals surface area contributed by atoms with E-state index in [1.54, 1.807) is 18.2 Å². The number of hydrogen-bond acceptors (Lipinski definition) is 4. The SMILES string of the molecule is CC(C(=O)OC1CC[N+](C)(C)CC1)(c1cccc(S(C)(=O)=O)c1)C1CCCC1.[I-]. The topological polar surface area (TPSA) is 60.4 Å². The van der Waals surface area contributed by atoms with Crippen molar-refractivity contribution in [2.45, 2.75) is 61.9 Å². The highest BCUT2D eigenvalue weighted by Crippen LogP contribution is 2.44. The molecule has 1 heterocycles. The van der Waals surface area contributed by atoms with Crippen LogP contribution in [0.1, 0.15) is 51.0 Å². The molecule has 1 aromatic carbocycles. The number of ether oxygens (including phenoxy) is 1. The van der Waals surface area contributed by atoms with Crippen molar-refractivity contribution < 1.29 is 46.4 Å². The summed E-state index contributed by atoms with van der Waals surface area (Å²) in [5, 5.41) is 0. The van der Waals surface area contributed by atoms with Crippen molar-refractivity contribution in [3.05, 3.63) is 29.8 Å². The minimum absolute atomic E-state index is 0. The molecule has 5 nitrogen and oxygen atoms in total. The molecule has 164 valence electrons. The number of hydrogen-bond donors (Lipinski definition) is 0. The number of quaternary nitrogens is 1. The molecule has 0 aromatic heterocycles. The van der Waals surface area contributed by atoms with E-state index >= 15 is 0 Å². The minimum Gasteiger partial charge on any atom is -1.00 e. The van der Waals surface area contributed by atoms with Crippen LogP contribution >= 0.6 is 0 Å². The summed E-state index contributed by atoms with van der Waals surface area (Å²) in [6.45, 7) is 3.96. The van der Waals surface area contributed by atoms with Gasteiger partial charge >= 0.3 is 5.97 Å². The zero-order valence-electron chi connectivity index (χ0n) is 18.0. The van der Waals surface area contributed by atoms with Crippen LogP contribution in [-0.4, -0.2) is 58.4 Å². The van der Waals surface area contributed by atoms with E-state index in [1.165, 1.54) is 6.26 Å². The summed E-state index contributed by atoms with van der Waals surface area (Å²) in [4.78, 5) is 13.7. The van der Waals surface area contributed by atoms with E-state index in [1.807, 2.05) is 13.0 Å². The number of rotatable bonds is 5. The quantitative estimate of drug-likeness (QED) is 0.310. The molecule has 1 aromatic rings. The Hall–Kier alpha value is -0.670. The van der Waals surface area contributed by atoms with Crippen molar-refractivity contribution in [3.63, 3.8) is 0 Å². The molecule has 0 bridgehead atoms. The third kappa shape index (κ3) is 5.53. The van der Waals surface area contributed by atoms with Gasteiger partial charge < -0.3 is 33.2 Å². The third-order valence-electron chi connectivity index (χ3n) is 6.84. The fourth-order valence-corrected chi connectivity index (χ4v) is 5.37. The maximum absolute atomic E-state index is 13.5. The number of esters is 1. The van der Waals surface area contributed by atoms with Gasteiger partial charge in [-0.05, 0) is 43.4 Å². The lowest BCUT2D eigenvalue weighted by Crippen LogP contribution is -3.00. The molecule has 0 radical (unpaired) electrons. The zero-order valence-corrected chi connectivity index (χ0v) is 21.0. The summed E-state index contributed by atoms with van der Waals surface area (Å²) in [5.74, 6) is -0.00659. The summed E-state index contributed by atoms with van der Waals surface area (Å²) in [6.07, 6.45) is 7.08. The lowest BCUT2D eigenvalue weighted by molar-refractivity contribution is -0.896. The molecular formula is C22H34INO4S. The standard InChI is InChI=1S/C22H34NO4S.HI/c1-22(17-8-5-6-9-17,18-10-7-11-20(16-18)28(4,25)26)21(24)27-19-12-14-23(2,3)15-13-19;/h7,10-11,16-17,19H,5-6,8-9,12-15H2,1-4H3;1H/q+1;/p-1. The molecule has 7 heteroatoms. The number of benzene rings is 1. The first kappa shape index (κ1) is 24.6. The predicted octanol–water partition coefficient (Wildman–Crippen LogP) is 0.324. The van der Waals surface area contributed by atoms with Gasteiger partial charge in [-0.1, -0.05) is 25.0 Å². The monoisotopic (exact) mass is 535 g/mol. The van der Waals surface area contributed by atoms with Gasteiger partial charge in [-0.15, -0.1) is 0 Å². The number of nitrogens with zero attached hydrogens (tertiary/aromatic N) is 1. The number of likely N-dealkylation sites (tertiary alicyclic amines) is 1. The fourth-order valence-electron chi connectivity index (χ4n) is 4.71. The van der Waals surface area contributed by atoms with E-state index in [0.29, 0.717) is 0 Å². The Kier molecular flexibility index (Phi) is 7.82. The van der Waals surface area contributed by atoms with E-state index in [-0.39, 0.29) is 46.9 Å². The van der Waals surface area contributed by atoms with Gasteiger partial charge in [0.1, 0.15) is 6.10 Å². The van der Waals surface area contributed by atoms with Crippen LogP contribution in [0.5, 0.6) is 0 Å². The van der Waals surface area contributed by atoms with Gasteiger partial charge in [0.05, 0.1) is 37.5 Å². The molecule has 2 aliphatic rings. The Labute approximate surface area is 192 Å². The number of piperidine rings is 1. The molecule has 3 rings (SSSR count). The largest absolute Gasteiger partial charge is 1.00 e. The maximum Gasteiger partial charge on any atom is 0.316 e. The van der Waals surface area contributed by atoms with E-state index in [0.717, 1.165) is 61.7 Å². The lowest BCUT2D eigenvalue weighted by Gasteiger charge is -2.39.